The van der Waals surface area contributed by atoms with Gasteiger partial charge in [-0.25, -0.2) is 14.6 Å². The molecule has 1 fully saturated rings. The normalized spacial score (nSPS) is 19.1. The van der Waals surface area contributed by atoms with Crippen LogP contribution >= 0.6 is 27.5 Å². The molecule has 2 atom stereocenters. The molecule has 0 radical (unpaired) electrons. The number of amides is 4. The summed E-state index contributed by atoms with van der Waals surface area (Å²) in [4.78, 5) is 59.2. The summed E-state index contributed by atoms with van der Waals surface area (Å²) >= 11 is 9.73. The van der Waals surface area contributed by atoms with Gasteiger partial charge in [0.1, 0.15) is 12.2 Å². The van der Waals surface area contributed by atoms with Gasteiger partial charge in [-0.15, -0.1) is 0 Å². The molecule has 2 aromatic rings. The number of aliphatic imine (C=N–C) groups is 1. The molecular weight excluding hydrogens is 666 g/mol. The number of guanidine groups is 1. The molecule has 4 amide bonds. The second-order valence-electron chi connectivity index (χ2n) is 13.5. The SMILES string of the molecule is CC(C)(C)C[C@]1(c2ccc(Br)cc2)N=C(NC(=O)OC(C)(C)C)N(C(COC(=O)NC2CC2)c2ccc(Cl)c(C(N)=O)c2)C1=O. The molecule has 1 aliphatic carbocycles. The van der Waals surface area contributed by atoms with E-state index in [1.54, 1.807) is 39.0 Å². The topological polar surface area (TPSA) is 152 Å². The highest BCUT2D eigenvalue weighted by Crippen LogP contribution is 2.45. The number of benzene rings is 2. The van der Waals surface area contributed by atoms with E-state index in [2.05, 4.69) is 26.6 Å². The molecule has 0 spiro atoms. The van der Waals surface area contributed by atoms with Crippen molar-refractivity contribution in [1.29, 1.82) is 0 Å². The van der Waals surface area contributed by atoms with Gasteiger partial charge in [-0.2, -0.15) is 0 Å². The Kier molecular flexibility index (Phi) is 9.89. The van der Waals surface area contributed by atoms with Crippen LogP contribution < -0.4 is 16.4 Å². The summed E-state index contributed by atoms with van der Waals surface area (Å²) in [7, 11) is 0. The van der Waals surface area contributed by atoms with Crippen molar-refractivity contribution in [3.05, 3.63) is 68.7 Å². The third kappa shape index (κ3) is 8.55. The first kappa shape index (κ1) is 34.2. The van der Waals surface area contributed by atoms with Crippen molar-refractivity contribution in [2.45, 2.75) is 84.0 Å². The first-order chi connectivity index (χ1) is 20.9. The Balaban J connectivity index is 1.88. The van der Waals surface area contributed by atoms with Crippen LogP contribution in [0.25, 0.3) is 0 Å². The number of nitrogens with zero attached hydrogens (tertiary/aromatic N) is 2. The highest BCUT2D eigenvalue weighted by Gasteiger charge is 2.54. The Morgan fingerprint density at radius 1 is 1.09 bits per heavy atom. The van der Waals surface area contributed by atoms with Gasteiger partial charge in [0, 0.05) is 10.5 Å². The highest BCUT2D eigenvalue weighted by molar-refractivity contribution is 9.10. The number of hydrogen-bond donors (Lipinski definition) is 3. The second kappa shape index (κ2) is 13.0. The van der Waals surface area contributed by atoms with Gasteiger partial charge in [-0.05, 0) is 80.8 Å². The molecule has 1 heterocycles. The Morgan fingerprint density at radius 3 is 2.29 bits per heavy atom. The zero-order valence-corrected chi connectivity index (χ0v) is 28.5. The molecule has 13 heteroatoms. The van der Waals surface area contributed by atoms with Crippen LogP contribution in [0.3, 0.4) is 0 Å². The predicted molar refractivity (Wildman–Crippen MR) is 174 cm³/mol. The van der Waals surface area contributed by atoms with E-state index in [4.69, 9.17) is 31.8 Å². The monoisotopic (exact) mass is 703 g/mol. The molecule has 0 aromatic heterocycles. The predicted octanol–water partition coefficient (Wildman–Crippen LogP) is 6.19. The van der Waals surface area contributed by atoms with Gasteiger partial charge in [-0.1, -0.05) is 66.5 Å². The summed E-state index contributed by atoms with van der Waals surface area (Å²) in [5.41, 5.74) is 3.86. The van der Waals surface area contributed by atoms with Crippen LogP contribution in [-0.2, 0) is 19.8 Å². The third-order valence-electron chi connectivity index (χ3n) is 7.04. The molecule has 0 saturated heterocycles. The van der Waals surface area contributed by atoms with E-state index in [1.165, 1.54) is 17.0 Å². The summed E-state index contributed by atoms with van der Waals surface area (Å²) < 4.78 is 12.0. The second-order valence-corrected chi connectivity index (χ2v) is 14.8. The van der Waals surface area contributed by atoms with E-state index in [0.29, 0.717) is 11.1 Å². The summed E-state index contributed by atoms with van der Waals surface area (Å²) in [6.07, 6.45) is 0.467. The number of rotatable bonds is 8. The number of ether oxygens (including phenoxy) is 2. The van der Waals surface area contributed by atoms with Crippen molar-refractivity contribution in [2.75, 3.05) is 6.61 Å². The number of carbonyl (C=O) groups excluding carboxylic acids is 4. The quantitative estimate of drug-likeness (QED) is 0.298. The van der Waals surface area contributed by atoms with Crippen LogP contribution in [0.2, 0.25) is 5.02 Å². The van der Waals surface area contributed by atoms with E-state index < -0.39 is 46.6 Å². The number of nitrogens with one attached hydrogen (secondary N) is 2. The number of halogens is 2. The number of nitrogens with two attached hydrogens (primary N) is 1. The van der Waals surface area contributed by atoms with Gasteiger partial charge >= 0.3 is 12.2 Å². The lowest BCUT2D eigenvalue weighted by molar-refractivity contribution is -0.135. The lowest BCUT2D eigenvalue weighted by atomic mass is 9.75. The lowest BCUT2D eigenvalue weighted by Crippen LogP contribution is -2.50. The van der Waals surface area contributed by atoms with Gasteiger partial charge < -0.3 is 20.5 Å². The van der Waals surface area contributed by atoms with Crippen molar-refractivity contribution < 1.29 is 28.7 Å². The minimum Gasteiger partial charge on any atom is -0.447 e. The summed E-state index contributed by atoms with van der Waals surface area (Å²) in [6, 6.07) is 10.7. The van der Waals surface area contributed by atoms with E-state index in [-0.39, 0.29) is 35.6 Å². The Bertz CT molecular complexity index is 1510. The zero-order valence-electron chi connectivity index (χ0n) is 26.2. The number of alkyl carbamates (subject to hydrolysis) is 2. The van der Waals surface area contributed by atoms with E-state index in [9.17, 15) is 19.2 Å². The summed E-state index contributed by atoms with van der Waals surface area (Å²) in [6.45, 7) is 10.8. The van der Waals surface area contributed by atoms with Gasteiger partial charge in [-0.3, -0.25) is 19.8 Å². The molecule has 4 N–H and O–H groups in total. The van der Waals surface area contributed by atoms with Crippen molar-refractivity contribution in [2.24, 2.45) is 16.1 Å². The van der Waals surface area contributed by atoms with Gasteiger partial charge in [0.15, 0.2) is 5.54 Å². The van der Waals surface area contributed by atoms with Gasteiger partial charge in [0.25, 0.3) is 5.91 Å². The molecule has 45 heavy (non-hydrogen) atoms. The van der Waals surface area contributed by atoms with Crippen LogP contribution in [0.5, 0.6) is 0 Å². The van der Waals surface area contributed by atoms with Crippen LogP contribution in [0.4, 0.5) is 9.59 Å². The fourth-order valence-electron chi connectivity index (χ4n) is 5.10. The van der Waals surface area contributed by atoms with E-state index in [1.807, 2.05) is 32.9 Å². The van der Waals surface area contributed by atoms with E-state index >= 15 is 0 Å². The maximum atomic E-state index is 14.9. The fourth-order valence-corrected chi connectivity index (χ4v) is 5.57. The Morgan fingerprint density at radius 2 is 1.73 bits per heavy atom. The van der Waals surface area contributed by atoms with Gasteiger partial charge in [0.2, 0.25) is 11.9 Å². The molecule has 1 saturated carbocycles. The maximum Gasteiger partial charge on any atom is 0.414 e. The summed E-state index contributed by atoms with van der Waals surface area (Å²) in [5.74, 6) is -1.36. The molecule has 11 nitrogen and oxygen atoms in total. The molecule has 242 valence electrons. The van der Waals surface area contributed by atoms with Gasteiger partial charge in [0.05, 0.1) is 16.6 Å². The number of hydrogen-bond acceptors (Lipinski definition) is 7. The Labute approximate surface area is 276 Å². The Hall–Kier alpha value is -3.64. The minimum atomic E-state index is -1.48. The zero-order chi connectivity index (χ0) is 33.3. The standard InChI is InChI=1S/C32H39BrClN5O6/c1-30(2,3)17-32(19-8-10-20(33)11-9-19)26(41)39(27(38-32)37-29(43)45-31(4,5)6)24(16-44-28(42)36-21-12-13-21)18-7-14-23(34)22(15-18)25(35)40/h7-11,14-15,21,24H,12-13,16-17H2,1-6H3,(H2,35,40)(H,36,42)(H,37,38,43)/t24?,32-/m1/s1. The molecule has 1 aliphatic heterocycles. The van der Waals surface area contributed by atoms with E-state index in [0.717, 1.165) is 17.3 Å². The average Bonchev–Trinajstić information content (AvgIpc) is 3.68. The fraction of sp³-hybridized carbons (Fsp3) is 0.469. The molecular formula is C32H39BrClN5O6. The van der Waals surface area contributed by atoms with Crippen LogP contribution in [0, 0.1) is 5.41 Å². The lowest BCUT2D eigenvalue weighted by Gasteiger charge is -2.35. The van der Waals surface area contributed by atoms with Crippen molar-refractivity contribution in [3.8, 4) is 0 Å². The minimum absolute atomic E-state index is 0.0145. The molecule has 2 aliphatic rings. The highest BCUT2D eigenvalue weighted by atomic mass is 79.9. The largest absolute Gasteiger partial charge is 0.447 e. The van der Waals surface area contributed by atoms with Crippen LogP contribution in [0.1, 0.15) is 88.3 Å². The van der Waals surface area contributed by atoms with Crippen LogP contribution in [0.15, 0.2) is 51.9 Å². The first-order valence-corrected chi connectivity index (χ1v) is 15.8. The van der Waals surface area contributed by atoms with Crippen LogP contribution in [-0.4, -0.2) is 53.1 Å². The smallest absolute Gasteiger partial charge is 0.414 e. The van der Waals surface area contributed by atoms with Crippen molar-refractivity contribution in [1.82, 2.24) is 15.5 Å². The molecule has 1 unspecified atom stereocenters. The van der Waals surface area contributed by atoms with Crippen molar-refractivity contribution >= 4 is 57.5 Å². The molecule has 0 bridgehead atoms. The van der Waals surface area contributed by atoms with Crippen molar-refractivity contribution in [3.63, 3.8) is 0 Å². The average molecular weight is 705 g/mol. The maximum absolute atomic E-state index is 14.9. The number of primary amides is 1. The summed E-state index contributed by atoms with van der Waals surface area (Å²) in [5, 5.41) is 5.56. The number of carbonyl (C=O) groups is 4. The first-order valence-electron chi connectivity index (χ1n) is 14.6. The molecule has 2 aromatic carbocycles. The third-order valence-corrected chi connectivity index (χ3v) is 7.90. The molecule has 4 rings (SSSR count).